The number of benzene rings is 2. The molecule has 7 nitrogen and oxygen atoms in total. The molecule has 3 aromatic rings. The quantitative estimate of drug-likeness (QED) is 0.441. The van der Waals surface area contributed by atoms with Crippen molar-refractivity contribution in [2.24, 2.45) is 10.7 Å². The lowest BCUT2D eigenvalue weighted by atomic mass is 10.1. The van der Waals surface area contributed by atoms with E-state index in [2.05, 4.69) is 27.4 Å². The minimum atomic E-state index is 0.419. The maximum Gasteiger partial charge on any atom is 0.188 e. The molecule has 0 unspecified atom stereocenters. The summed E-state index contributed by atoms with van der Waals surface area (Å²) in [4.78, 5) is 11.2. The van der Waals surface area contributed by atoms with E-state index in [-0.39, 0.29) is 0 Å². The first-order valence-electron chi connectivity index (χ1n) is 9.82. The Morgan fingerprint density at radius 3 is 2.57 bits per heavy atom. The van der Waals surface area contributed by atoms with E-state index in [9.17, 15) is 0 Å². The van der Waals surface area contributed by atoms with Crippen LogP contribution in [0.15, 0.2) is 53.5 Å². The molecule has 0 spiro atoms. The van der Waals surface area contributed by atoms with Crippen LogP contribution >= 0.6 is 0 Å². The van der Waals surface area contributed by atoms with Crippen LogP contribution in [0.1, 0.15) is 11.1 Å². The maximum atomic E-state index is 6.10. The number of rotatable bonds is 8. The Morgan fingerprint density at radius 2 is 1.83 bits per heavy atom. The van der Waals surface area contributed by atoms with E-state index < -0.39 is 0 Å². The molecule has 0 saturated carbocycles. The molecule has 0 saturated heterocycles. The topological polar surface area (TPSA) is 85.0 Å². The van der Waals surface area contributed by atoms with E-state index in [0.29, 0.717) is 19.0 Å². The molecular weight excluding hydrogens is 378 g/mol. The number of nitrogens with one attached hydrogen (secondary N) is 1. The fourth-order valence-corrected chi connectivity index (χ4v) is 3.19. The predicted molar refractivity (Wildman–Crippen MR) is 123 cm³/mol. The van der Waals surface area contributed by atoms with Gasteiger partial charge in [-0.2, -0.15) is 0 Å². The first kappa shape index (κ1) is 21.2. The van der Waals surface area contributed by atoms with Gasteiger partial charge in [0.1, 0.15) is 5.82 Å². The third kappa shape index (κ3) is 5.11. The van der Waals surface area contributed by atoms with Crippen LogP contribution < -0.4 is 25.4 Å². The van der Waals surface area contributed by atoms with E-state index in [1.165, 1.54) is 0 Å². The molecule has 0 fully saturated rings. The fourth-order valence-electron chi connectivity index (χ4n) is 3.19. The molecule has 0 aliphatic carbocycles. The molecule has 2 aromatic carbocycles. The van der Waals surface area contributed by atoms with Crippen LogP contribution in [0.25, 0.3) is 10.9 Å². The number of aliphatic imine (C=N–C) groups is 1. The Hall–Kier alpha value is -3.48. The van der Waals surface area contributed by atoms with Gasteiger partial charge >= 0.3 is 0 Å². The van der Waals surface area contributed by atoms with Crippen molar-refractivity contribution in [2.75, 3.05) is 39.8 Å². The molecule has 30 heavy (non-hydrogen) atoms. The Labute approximate surface area is 177 Å². The van der Waals surface area contributed by atoms with E-state index in [1.807, 2.05) is 55.4 Å². The van der Waals surface area contributed by atoms with Gasteiger partial charge in [-0.25, -0.2) is 9.98 Å². The molecule has 1 aromatic heterocycles. The third-order valence-corrected chi connectivity index (χ3v) is 4.83. The van der Waals surface area contributed by atoms with Gasteiger partial charge < -0.3 is 25.4 Å². The summed E-state index contributed by atoms with van der Waals surface area (Å²) in [6.07, 6.45) is 0.791. The number of aromatic nitrogens is 1. The van der Waals surface area contributed by atoms with Gasteiger partial charge in [-0.15, -0.1) is 0 Å². The number of pyridine rings is 1. The molecule has 0 atom stereocenters. The van der Waals surface area contributed by atoms with Crippen molar-refractivity contribution in [3.63, 3.8) is 0 Å². The highest BCUT2D eigenvalue weighted by Gasteiger charge is 2.07. The summed E-state index contributed by atoms with van der Waals surface area (Å²) in [6, 6.07) is 16.0. The zero-order valence-electron chi connectivity index (χ0n) is 18.0. The highest BCUT2D eigenvalue weighted by molar-refractivity contribution is 5.84. The molecule has 0 radical (unpaired) electrons. The largest absolute Gasteiger partial charge is 0.493 e. The molecule has 0 amide bonds. The number of nitrogens with two attached hydrogens (primary N) is 1. The van der Waals surface area contributed by atoms with Crippen molar-refractivity contribution in [3.05, 3.63) is 59.7 Å². The van der Waals surface area contributed by atoms with Gasteiger partial charge in [0.2, 0.25) is 0 Å². The zero-order chi connectivity index (χ0) is 21.5. The van der Waals surface area contributed by atoms with Crippen LogP contribution in [-0.2, 0) is 13.0 Å². The van der Waals surface area contributed by atoms with Crippen molar-refractivity contribution < 1.29 is 9.47 Å². The molecule has 1 heterocycles. The van der Waals surface area contributed by atoms with Gasteiger partial charge in [0.25, 0.3) is 0 Å². The summed E-state index contributed by atoms with van der Waals surface area (Å²) >= 11 is 0. The SMILES string of the molecule is COc1ccc(CCNC(N)=NCc2cc(N(C)C)nc3ccccc23)cc1OC. The monoisotopic (exact) mass is 407 g/mol. The van der Waals surface area contributed by atoms with Crippen LogP contribution in [0.4, 0.5) is 5.82 Å². The summed E-state index contributed by atoms with van der Waals surface area (Å²) in [7, 11) is 7.22. The number of ether oxygens (including phenoxy) is 2. The molecule has 3 N–H and O–H groups in total. The first-order chi connectivity index (χ1) is 14.5. The Balaban J connectivity index is 1.64. The molecule has 0 aliphatic rings. The Morgan fingerprint density at radius 1 is 1.07 bits per heavy atom. The van der Waals surface area contributed by atoms with Crippen LogP contribution in [-0.4, -0.2) is 45.8 Å². The minimum Gasteiger partial charge on any atom is -0.493 e. The van der Waals surface area contributed by atoms with Crippen molar-refractivity contribution >= 4 is 22.7 Å². The smallest absolute Gasteiger partial charge is 0.188 e. The number of methoxy groups -OCH3 is 2. The zero-order valence-corrected chi connectivity index (χ0v) is 18.0. The summed E-state index contributed by atoms with van der Waals surface area (Å²) in [5, 5.41) is 4.27. The lowest BCUT2D eigenvalue weighted by Crippen LogP contribution is -2.33. The number of hydrogen-bond donors (Lipinski definition) is 2. The Bertz CT molecular complexity index is 1030. The van der Waals surface area contributed by atoms with Gasteiger partial charge in [0, 0.05) is 26.0 Å². The summed E-state index contributed by atoms with van der Waals surface area (Å²) in [6.45, 7) is 1.16. The van der Waals surface area contributed by atoms with Gasteiger partial charge in [-0.05, 0) is 41.8 Å². The first-order valence-corrected chi connectivity index (χ1v) is 9.82. The second kappa shape index (κ2) is 9.82. The number of guanidine groups is 1. The Kier molecular flexibility index (Phi) is 6.95. The molecular formula is C23H29N5O2. The summed E-state index contributed by atoms with van der Waals surface area (Å²) in [5.41, 5.74) is 9.27. The maximum absolute atomic E-state index is 6.10. The molecule has 3 rings (SSSR count). The van der Waals surface area contributed by atoms with Crippen LogP contribution in [0, 0.1) is 0 Å². The van der Waals surface area contributed by atoms with Crippen LogP contribution in [0.3, 0.4) is 0 Å². The fraction of sp³-hybridized carbons (Fsp3) is 0.304. The number of anilines is 1. The van der Waals surface area contributed by atoms with E-state index >= 15 is 0 Å². The highest BCUT2D eigenvalue weighted by atomic mass is 16.5. The van der Waals surface area contributed by atoms with Gasteiger partial charge in [-0.3, -0.25) is 0 Å². The minimum absolute atomic E-state index is 0.419. The summed E-state index contributed by atoms with van der Waals surface area (Å²) < 4.78 is 10.6. The average Bonchev–Trinajstić information content (AvgIpc) is 2.77. The van der Waals surface area contributed by atoms with Gasteiger partial charge in [0.15, 0.2) is 17.5 Å². The lowest BCUT2D eigenvalue weighted by Gasteiger charge is -2.14. The second-order valence-electron chi connectivity index (χ2n) is 7.12. The van der Waals surface area contributed by atoms with Crippen LogP contribution in [0.2, 0.25) is 0 Å². The van der Waals surface area contributed by atoms with Crippen molar-refractivity contribution in [1.82, 2.24) is 10.3 Å². The number of fused-ring (bicyclic) bond motifs is 1. The third-order valence-electron chi connectivity index (χ3n) is 4.83. The number of para-hydroxylation sites is 1. The van der Waals surface area contributed by atoms with E-state index in [0.717, 1.165) is 45.8 Å². The summed E-state index contributed by atoms with van der Waals surface area (Å²) in [5.74, 6) is 2.76. The lowest BCUT2D eigenvalue weighted by molar-refractivity contribution is 0.354. The highest BCUT2D eigenvalue weighted by Crippen LogP contribution is 2.27. The number of nitrogens with zero attached hydrogens (tertiary/aromatic N) is 3. The normalized spacial score (nSPS) is 11.4. The second-order valence-corrected chi connectivity index (χ2v) is 7.12. The average molecular weight is 408 g/mol. The van der Waals surface area contributed by atoms with Crippen molar-refractivity contribution in [2.45, 2.75) is 13.0 Å². The van der Waals surface area contributed by atoms with Crippen molar-refractivity contribution in [1.29, 1.82) is 0 Å². The van der Waals surface area contributed by atoms with Gasteiger partial charge in [0.05, 0.1) is 26.3 Å². The standard InChI is InChI=1S/C23H29N5O2/c1-28(2)22-14-17(18-7-5-6-8-19(18)27-22)15-26-23(24)25-12-11-16-9-10-20(29-3)21(13-16)30-4/h5-10,13-14H,11-12,15H2,1-4H3,(H3,24,25,26). The molecule has 158 valence electrons. The van der Waals surface area contributed by atoms with Crippen molar-refractivity contribution in [3.8, 4) is 11.5 Å². The van der Waals surface area contributed by atoms with Gasteiger partial charge in [-0.1, -0.05) is 24.3 Å². The molecule has 0 bridgehead atoms. The molecule has 7 heteroatoms. The van der Waals surface area contributed by atoms with Crippen LogP contribution in [0.5, 0.6) is 11.5 Å². The van der Waals surface area contributed by atoms with E-state index in [1.54, 1.807) is 14.2 Å². The predicted octanol–water partition coefficient (Wildman–Crippen LogP) is 2.97. The number of hydrogen-bond acceptors (Lipinski definition) is 5. The van der Waals surface area contributed by atoms with E-state index in [4.69, 9.17) is 15.2 Å². The molecule has 0 aliphatic heterocycles.